The van der Waals surface area contributed by atoms with E-state index in [1.165, 1.54) is 41.7 Å². The molecule has 0 saturated heterocycles. The fraction of sp³-hybridized carbons (Fsp3) is 0.380. The molecule has 0 fully saturated rings. The van der Waals surface area contributed by atoms with E-state index in [0.717, 1.165) is 133 Å². The van der Waals surface area contributed by atoms with E-state index in [-0.39, 0.29) is 89.3 Å². The number of hydrogen-bond acceptors (Lipinski definition) is 15. The highest BCUT2D eigenvalue weighted by Crippen LogP contribution is 2.59. The summed E-state index contributed by atoms with van der Waals surface area (Å²) < 4.78 is 54.9. The molecule has 602 valence electrons. The van der Waals surface area contributed by atoms with Crippen molar-refractivity contribution in [2.45, 2.75) is 222 Å². The van der Waals surface area contributed by atoms with Crippen molar-refractivity contribution in [1.82, 2.24) is 0 Å². The minimum atomic E-state index is -0.647. The number of carbonyl (C=O) groups is 6. The van der Waals surface area contributed by atoms with Gasteiger partial charge in [0.2, 0.25) is 12.6 Å². The lowest BCUT2D eigenvalue weighted by Gasteiger charge is -2.44. The second-order valence-corrected chi connectivity index (χ2v) is 32.3. The third-order valence-electron chi connectivity index (χ3n) is 22.8. The molecule has 11 atom stereocenters. The van der Waals surface area contributed by atoms with Gasteiger partial charge in [0, 0.05) is 65.0 Å². The minimum Gasteiger partial charge on any atom is -0.462 e. The highest BCUT2D eigenvalue weighted by atomic mass is 16.7. The molecule has 15 heteroatoms. The first-order chi connectivity index (χ1) is 55.2. The molecule has 8 aromatic carbocycles. The van der Waals surface area contributed by atoms with Crippen LogP contribution in [0.3, 0.4) is 0 Å². The number of esters is 6. The van der Waals surface area contributed by atoms with Gasteiger partial charge in [0.25, 0.3) is 0 Å². The highest BCUT2D eigenvalue weighted by Gasteiger charge is 2.48. The summed E-state index contributed by atoms with van der Waals surface area (Å²) in [5, 5.41) is 0. The SMILES string of the molecule is C=C(Oc1cc(C)c2c3c1[C@H](C)CC[C@H]3[C@H](CCC=C(C)C)C(OC(=O)c1ccccc1)O2)c1ccccc1.CC(=O)Oc1cc(C)c2c3c1[C@H](C)CC[C@H]3[C@H](CCC=C(C)C)C(OC(C)=O)O2.CC(C)=CCC[C@H](COC(=O)c1ccccc1)[C@@H]1CC[C@@H](C)c2c1cc(C)c(OC(=O)c1ccccc1)c2OC(=O)c1ccccc1. The first-order valence-corrected chi connectivity index (χ1v) is 40.8. The number of aryl methyl sites for hydroxylation is 3. The lowest BCUT2D eigenvalue weighted by atomic mass is 9.68. The zero-order valence-electron chi connectivity index (χ0n) is 69.3. The second-order valence-electron chi connectivity index (χ2n) is 32.3. The van der Waals surface area contributed by atoms with E-state index in [9.17, 15) is 28.8 Å². The molecule has 0 bridgehead atoms. The van der Waals surface area contributed by atoms with Crippen molar-refractivity contribution in [1.29, 1.82) is 0 Å². The maximum absolute atomic E-state index is 13.5. The molecule has 15 nitrogen and oxygen atoms in total. The van der Waals surface area contributed by atoms with Gasteiger partial charge in [-0.2, -0.15) is 0 Å². The molecule has 0 N–H and O–H groups in total. The predicted octanol–water partition coefficient (Wildman–Crippen LogP) is 24.1. The van der Waals surface area contributed by atoms with Crippen molar-refractivity contribution in [2.24, 2.45) is 17.8 Å². The van der Waals surface area contributed by atoms with Crippen molar-refractivity contribution in [3.05, 3.63) is 289 Å². The Labute approximate surface area is 679 Å². The summed E-state index contributed by atoms with van der Waals surface area (Å²) >= 11 is 0. The van der Waals surface area contributed by atoms with Crippen molar-refractivity contribution >= 4 is 41.6 Å². The monoisotopic (exact) mass is 1550 g/mol. The third kappa shape index (κ3) is 21.1. The van der Waals surface area contributed by atoms with E-state index >= 15 is 0 Å². The lowest BCUT2D eigenvalue weighted by Crippen LogP contribution is -2.41. The van der Waals surface area contributed by atoms with Crippen LogP contribution < -0.4 is 28.4 Å². The molecule has 0 amide bonds. The normalized spacial score (nSPS) is 19.9. The molecule has 2 unspecified atom stereocenters. The van der Waals surface area contributed by atoms with E-state index in [0.29, 0.717) is 45.2 Å². The number of carbonyl (C=O) groups excluding carboxylic acids is 6. The largest absolute Gasteiger partial charge is 0.462 e. The molecule has 13 rings (SSSR count). The second kappa shape index (κ2) is 39.3. The molecule has 0 saturated carbocycles. The molecule has 0 radical (unpaired) electrons. The van der Waals surface area contributed by atoms with Gasteiger partial charge in [-0.25, -0.2) is 19.2 Å². The Bertz CT molecular complexity index is 4870. The standard InChI is InChI=1S/C41H42O6.C35H38O4.C24H32O5/c1-27(2)15-14-22-33(26-45-39(42)30-16-8-5-9-17-30)34-24-23-28(3)36-35(34)25-29(4)37(46-40(43)31-18-10-6-11-19-31)38(36)47-41(44)32-20-12-7-13-21-32;1-22(2)13-12-18-29-28-20-19-23(3)31-30(37-25(5)26-14-8-6-9-15-26)21-24(4)33(32(28)31)38-35(29)39-34(36)27-16-10-7-11-17-27;1-13(2)8-7-9-19-18-11-10-14(3)21-20(27-16(5)25)12-15(4)23(22(18)21)29-24(19)28-17(6)26/h5-13,15-21,25,28,33-34H,14,22-24,26H2,1-4H3;6-11,13-17,21,23,28-29,35H,5,12,18-20H2,1-4H3;8,12,14,18-19,24H,7,9-11H2,1-6H3/t28-,33-,34+;23-,28+,29+,35?;14-,18+,19+,24?/m111/s1. The molecule has 115 heavy (non-hydrogen) atoms. The van der Waals surface area contributed by atoms with E-state index in [1.54, 1.807) is 72.8 Å². The van der Waals surface area contributed by atoms with Gasteiger partial charge in [-0.15, -0.1) is 0 Å². The van der Waals surface area contributed by atoms with Gasteiger partial charge in [0.15, 0.2) is 11.5 Å². The van der Waals surface area contributed by atoms with Crippen LogP contribution in [0.25, 0.3) is 5.76 Å². The van der Waals surface area contributed by atoms with Gasteiger partial charge < -0.3 is 42.6 Å². The van der Waals surface area contributed by atoms with Gasteiger partial charge >= 0.3 is 35.8 Å². The van der Waals surface area contributed by atoms with E-state index < -0.39 is 24.5 Å². The lowest BCUT2D eigenvalue weighted by molar-refractivity contribution is -0.174. The molecule has 2 heterocycles. The Kier molecular flexibility index (Phi) is 29.0. The van der Waals surface area contributed by atoms with Crippen molar-refractivity contribution in [2.75, 3.05) is 6.61 Å². The zero-order valence-corrected chi connectivity index (χ0v) is 69.3. The number of benzene rings is 8. The zero-order chi connectivity index (χ0) is 82.1. The Balaban J connectivity index is 0.000000175. The first-order valence-electron chi connectivity index (χ1n) is 40.8. The third-order valence-corrected chi connectivity index (χ3v) is 22.8. The summed E-state index contributed by atoms with van der Waals surface area (Å²) in [4.78, 5) is 76.4. The van der Waals surface area contributed by atoms with Gasteiger partial charge in [-0.1, -0.05) is 171 Å². The molecule has 5 aliphatic rings. The van der Waals surface area contributed by atoms with Crippen LogP contribution >= 0.6 is 0 Å². The molecular weight excluding hydrogens is 1440 g/mol. The Morgan fingerprint density at radius 2 is 0.817 bits per heavy atom. The molecule has 2 aliphatic heterocycles. The molecule has 8 aromatic rings. The summed E-state index contributed by atoms with van der Waals surface area (Å²) in [6.07, 6.45) is 16.4. The van der Waals surface area contributed by atoms with Crippen LogP contribution in [0.15, 0.2) is 211 Å². The van der Waals surface area contributed by atoms with Crippen molar-refractivity contribution < 1.29 is 71.4 Å². The van der Waals surface area contributed by atoms with Crippen LogP contribution in [0.2, 0.25) is 0 Å². The molecule has 0 spiro atoms. The average molecular weight is 1550 g/mol. The Morgan fingerprint density at radius 1 is 0.417 bits per heavy atom. The smallest absolute Gasteiger partial charge is 0.343 e. The van der Waals surface area contributed by atoms with Crippen LogP contribution in [0.5, 0.6) is 34.5 Å². The summed E-state index contributed by atoms with van der Waals surface area (Å²) in [5.74, 6) is 3.08. The van der Waals surface area contributed by atoms with Gasteiger partial charge in [-0.05, 0) is 258 Å². The fourth-order valence-corrected chi connectivity index (χ4v) is 17.2. The van der Waals surface area contributed by atoms with Crippen LogP contribution in [0, 0.1) is 38.5 Å². The Morgan fingerprint density at radius 3 is 1.27 bits per heavy atom. The summed E-state index contributed by atoms with van der Waals surface area (Å²) in [5.41, 5.74) is 15.7. The predicted molar refractivity (Wildman–Crippen MR) is 451 cm³/mol. The number of rotatable bonds is 24. The number of ether oxygens (including phenoxy) is 9. The first kappa shape index (κ1) is 84.8. The van der Waals surface area contributed by atoms with Crippen LogP contribution in [0.4, 0.5) is 0 Å². The molecular formula is C100H112O15. The molecule has 0 aromatic heterocycles. The number of allylic oxidation sites excluding steroid dienone is 6. The maximum Gasteiger partial charge on any atom is 0.343 e. The molecule has 3 aliphatic carbocycles. The average Bonchev–Trinajstić information content (AvgIpc) is 0.738. The topological polar surface area (TPSA) is 185 Å². The highest BCUT2D eigenvalue weighted by molar-refractivity contribution is 5.94. The minimum absolute atomic E-state index is 0.0132. The van der Waals surface area contributed by atoms with Crippen LogP contribution in [-0.2, 0) is 23.8 Å². The van der Waals surface area contributed by atoms with Crippen molar-refractivity contribution in [3.8, 4) is 34.5 Å². The van der Waals surface area contributed by atoms with Crippen LogP contribution in [0.1, 0.15) is 286 Å². The van der Waals surface area contributed by atoms with Gasteiger partial charge in [-0.3, -0.25) is 9.59 Å². The van der Waals surface area contributed by atoms with Crippen LogP contribution in [-0.4, -0.2) is 55.0 Å². The summed E-state index contributed by atoms with van der Waals surface area (Å²) in [6.45, 7) is 32.3. The van der Waals surface area contributed by atoms with Gasteiger partial charge in [0.1, 0.15) is 28.8 Å². The van der Waals surface area contributed by atoms with Crippen molar-refractivity contribution in [3.63, 3.8) is 0 Å². The van der Waals surface area contributed by atoms with E-state index in [4.69, 9.17) is 42.6 Å². The summed E-state index contributed by atoms with van der Waals surface area (Å²) in [6, 6.07) is 51.8. The van der Waals surface area contributed by atoms with Gasteiger partial charge in [0.05, 0.1) is 28.9 Å². The summed E-state index contributed by atoms with van der Waals surface area (Å²) in [7, 11) is 0. The number of fused-ring (bicyclic) bond motifs is 1. The quantitative estimate of drug-likeness (QED) is 0.0183. The van der Waals surface area contributed by atoms with E-state index in [1.807, 2.05) is 106 Å². The van der Waals surface area contributed by atoms with E-state index in [2.05, 4.69) is 99.3 Å². The fourth-order valence-electron chi connectivity index (χ4n) is 17.2. The Hall–Kier alpha value is -11.1. The number of hydrogen-bond donors (Lipinski definition) is 0. The maximum atomic E-state index is 13.5.